The van der Waals surface area contributed by atoms with Crippen molar-refractivity contribution >= 4 is 5.91 Å². The van der Waals surface area contributed by atoms with Gasteiger partial charge in [-0.15, -0.1) is 0 Å². The first-order valence-electron chi connectivity index (χ1n) is 7.81. The normalized spacial score (nSPS) is 12.2. The van der Waals surface area contributed by atoms with Crippen molar-refractivity contribution in [3.8, 4) is 11.1 Å². The summed E-state index contributed by atoms with van der Waals surface area (Å²) in [5, 5.41) is 3.05. The summed E-state index contributed by atoms with van der Waals surface area (Å²) >= 11 is 0. The first-order chi connectivity index (χ1) is 11.0. The van der Waals surface area contributed by atoms with Crippen LogP contribution in [0.2, 0.25) is 0 Å². The second-order valence-corrected chi connectivity index (χ2v) is 5.93. The molecule has 2 rings (SSSR count). The van der Waals surface area contributed by atoms with Crippen LogP contribution >= 0.6 is 0 Å². The second kappa shape index (κ2) is 7.88. The summed E-state index contributed by atoms with van der Waals surface area (Å²) in [6, 6.07) is 13.8. The zero-order valence-corrected chi connectivity index (χ0v) is 13.8. The molecule has 0 aliphatic carbocycles. The number of nitrogens with zero attached hydrogens (tertiary/aromatic N) is 1. The maximum absolute atomic E-state index is 13.0. The molecule has 0 aliphatic heterocycles. The number of carbonyl (C=O) groups excluding carboxylic acids is 1. The predicted molar refractivity (Wildman–Crippen MR) is 91.9 cm³/mol. The Hall–Kier alpha value is -2.20. The molecule has 1 atom stereocenters. The van der Waals surface area contributed by atoms with Crippen LogP contribution < -0.4 is 5.32 Å². The number of likely N-dealkylation sites (N-methyl/N-ethyl adjacent to an activating group) is 1. The monoisotopic (exact) mass is 314 g/mol. The highest BCUT2D eigenvalue weighted by molar-refractivity contribution is 5.94. The van der Waals surface area contributed by atoms with E-state index in [2.05, 4.69) is 17.1 Å². The van der Waals surface area contributed by atoms with E-state index in [-0.39, 0.29) is 17.8 Å². The third kappa shape index (κ3) is 4.89. The number of carbonyl (C=O) groups is 1. The van der Waals surface area contributed by atoms with Gasteiger partial charge in [0.15, 0.2) is 0 Å². The fraction of sp³-hybridized carbons (Fsp3) is 0.316. The molecule has 122 valence electrons. The van der Waals surface area contributed by atoms with Crippen molar-refractivity contribution in [2.24, 2.45) is 0 Å². The second-order valence-electron chi connectivity index (χ2n) is 5.93. The van der Waals surface area contributed by atoms with Crippen molar-refractivity contribution in [2.75, 3.05) is 20.6 Å². The van der Waals surface area contributed by atoms with Crippen LogP contribution in [0.4, 0.5) is 4.39 Å². The lowest BCUT2D eigenvalue weighted by Gasteiger charge is -2.21. The zero-order valence-electron chi connectivity index (χ0n) is 13.8. The Bertz CT molecular complexity index is 635. The Morgan fingerprint density at radius 1 is 1.04 bits per heavy atom. The summed E-state index contributed by atoms with van der Waals surface area (Å²) in [5.41, 5.74) is 2.52. The van der Waals surface area contributed by atoms with E-state index < -0.39 is 0 Å². The maximum Gasteiger partial charge on any atom is 0.251 e. The molecule has 0 aromatic heterocycles. The third-order valence-corrected chi connectivity index (χ3v) is 3.74. The van der Waals surface area contributed by atoms with Gasteiger partial charge in [-0.05, 0) is 55.9 Å². The van der Waals surface area contributed by atoms with E-state index >= 15 is 0 Å². The standard InChI is InChI=1S/C19H23FN2O/c1-4-18(13-22(2)3)21-19(23)16-7-5-14(6-8-16)15-9-11-17(20)12-10-15/h5-12,18H,4,13H2,1-3H3,(H,21,23)/t18-/m0/s1. The van der Waals surface area contributed by atoms with Crippen molar-refractivity contribution < 1.29 is 9.18 Å². The Kier molecular flexibility index (Phi) is 5.88. The van der Waals surface area contributed by atoms with Gasteiger partial charge >= 0.3 is 0 Å². The number of nitrogens with one attached hydrogen (secondary N) is 1. The average Bonchev–Trinajstić information content (AvgIpc) is 2.54. The summed E-state index contributed by atoms with van der Waals surface area (Å²) in [7, 11) is 3.98. The summed E-state index contributed by atoms with van der Waals surface area (Å²) in [4.78, 5) is 14.4. The molecule has 0 spiro atoms. The minimum Gasteiger partial charge on any atom is -0.348 e. The number of rotatable bonds is 6. The number of hydrogen-bond acceptors (Lipinski definition) is 2. The molecule has 0 bridgehead atoms. The number of hydrogen-bond donors (Lipinski definition) is 1. The van der Waals surface area contributed by atoms with Gasteiger partial charge in [-0.2, -0.15) is 0 Å². The molecule has 1 amide bonds. The van der Waals surface area contributed by atoms with Crippen LogP contribution in [0.15, 0.2) is 48.5 Å². The van der Waals surface area contributed by atoms with Gasteiger partial charge in [-0.1, -0.05) is 31.2 Å². The van der Waals surface area contributed by atoms with Crippen LogP contribution in [0.25, 0.3) is 11.1 Å². The molecular weight excluding hydrogens is 291 g/mol. The Morgan fingerprint density at radius 3 is 2.04 bits per heavy atom. The number of amides is 1. The SMILES string of the molecule is CC[C@@H](CN(C)C)NC(=O)c1ccc(-c2ccc(F)cc2)cc1. The van der Waals surface area contributed by atoms with Crippen LogP contribution in [0, 0.1) is 5.82 Å². The maximum atomic E-state index is 13.0. The molecule has 0 heterocycles. The molecule has 0 saturated heterocycles. The van der Waals surface area contributed by atoms with Crippen LogP contribution in [0.1, 0.15) is 23.7 Å². The Balaban J connectivity index is 2.06. The van der Waals surface area contributed by atoms with Gasteiger partial charge in [0.05, 0.1) is 0 Å². The van der Waals surface area contributed by atoms with Crippen molar-refractivity contribution in [3.63, 3.8) is 0 Å². The van der Waals surface area contributed by atoms with Gasteiger partial charge < -0.3 is 10.2 Å². The minimum absolute atomic E-state index is 0.0654. The Labute approximate surface area is 137 Å². The van der Waals surface area contributed by atoms with Crippen molar-refractivity contribution in [2.45, 2.75) is 19.4 Å². The summed E-state index contributed by atoms with van der Waals surface area (Å²) in [6.45, 7) is 2.88. The molecule has 0 radical (unpaired) electrons. The predicted octanol–water partition coefficient (Wildman–Crippen LogP) is 3.56. The molecule has 0 fully saturated rings. The molecule has 23 heavy (non-hydrogen) atoms. The highest BCUT2D eigenvalue weighted by atomic mass is 19.1. The molecule has 2 aromatic carbocycles. The first kappa shape index (κ1) is 17.2. The van der Waals surface area contributed by atoms with E-state index in [1.807, 2.05) is 26.2 Å². The van der Waals surface area contributed by atoms with E-state index in [1.54, 1.807) is 24.3 Å². The van der Waals surface area contributed by atoms with Crippen LogP contribution in [0.3, 0.4) is 0 Å². The largest absolute Gasteiger partial charge is 0.348 e. The minimum atomic E-state index is -0.253. The lowest BCUT2D eigenvalue weighted by molar-refractivity contribution is 0.0929. The van der Waals surface area contributed by atoms with E-state index in [0.29, 0.717) is 5.56 Å². The van der Waals surface area contributed by atoms with Crippen molar-refractivity contribution in [1.82, 2.24) is 10.2 Å². The van der Waals surface area contributed by atoms with Crippen molar-refractivity contribution in [1.29, 1.82) is 0 Å². The number of halogens is 1. The van der Waals surface area contributed by atoms with Gasteiger partial charge in [0.2, 0.25) is 0 Å². The zero-order chi connectivity index (χ0) is 16.8. The Morgan fingerprint density at radius 2 is 1.57 bits per heavy atom. The van der Waals surface area contributed by atoms with Crippen LogP contribution in [0.5, 0.6) is 0 Å². The smallest absolute Gasteiger partial charge is 0.251 e. The van der Waals surface area contributed by atoms with E-state index in [4.69, 9.17) is 0 Å². The molecule has 3 nitrogen and oxygen atoms in total. The van der Waals surface area contributed by atoms with Gasteiger partial charge in [-0.25, -0.2) is 4.39 Å². The molecular formula is C19H23FN2O. The quantitative estimate of drug-likeness (QED) is 0.884. The first-order valence-corrected chi connectivity index (χ1v) is 7.81. The van der Waals surface area contributed by atoms with E-state index in [9.17, 15) is 9.18 Å². The van der Waals surface area contributed by atoms with Crippen LogP contribution in [-0.4, -0.2) is 37.5 Å². The van der Waals surface area contributed by atoms with E-state index in [0.717, 1.165) is 24.1 Å². The molecule has 1 N–H and O–H groups in total. The van der Waals surface area contributed by atoms with Gasteiger partial charge in [0, 0.05) is 18.2 Å². The highest BCUT2D eigenvalue weighted by Crippen LogP contribution is 2.20. The summed E-state index contributed by atoms with van der Waals surface area (Å²) in [5.74, 6) is -0.319. The van der Waals surface area contributed by atoms with Crippen LogP contribution in [-0.2, 0) is 0 Å². The fourth-order valence-corrected chi connectivity index (χ4v) is 2.44. The third-order valence-electron chi connectivity index (χ3n) is 3.74. The van der Waals surface area contributed by atoms with Gasteiger partial charge in [0.25, 0.3) is 5.91 Å². The molecule has 0 aliphatic rings. The van der Waals surface area contributed by atoms with Crippen molar-refractivity contribution in [3.05, 3.63) is 59.9 Å². The summed E-state index contributed by atoms with van der Waals surface area (Å²) < 4.78 is 13.0. The molecule has 4 heteroatoms. The average molecular weight is 314 g/mol. The lowest BCUT2D eigenvalue weighted by Crippen LogP contribution is -2.41. The molecule has 2 aromatic rings. The van der Waals surface area contributed by atoms with Gasteiger partial charge in [-0.3, -0.25) is 4.79 Å². The number of benzene rings is 2. The lowest BCUT2D eigenvalue weighted by atomic mass is 10.0. The van der Waals surface area contributed by atoms with Gasteiger partial charge in [0.1, 0.15) is 5.82 Å². The fourth-order valence-electron chi connectivity index (χ4n) is 2.44. The molecule has 0 saturated carbocycles. The molecule has 0 unspecified atom stereocenters. The topological polar surface area (TPSA) is 32.3 Å². The highest BCUT2D eigenvalue weighted by Gasteiger charge is 2.13. The summed E-state index contributed by atoms with van der Waals surface area (Å²) in [6.07, 6.45) is 0.886. The van der Waals surface area contributed by atoms with E-state index in [1.165, 1.54) is 12.1 Å².